The van der Waals surface area contributed by atoms with Crippen LogP contribution in [0.2, 0.25) is 0 Å². The van der Waals surface area contributed by atoms with Gasteiger partial charge in [0.1, 0.15) is 0 Å². The molecule has 0 unspecified atom stereocenters. The highest BCUT2D eigenvalue weighted by atomic mass is 35.5. The number of carbonyl (C=O) groups excluding carboxylic acids is 2. The molecule has 0 saturated heterocycles. The fourth-order valence-corrected chi connectivity index (χ4v) is 0.989. The van der Waals surface area contributed by atoms with E-state index in [1.807, 2.05) is 5.43 Å². The van der Waals surface area contributed by atoms with Crippen LogP contribution in [0.5, 0.6) is 0 Å². The minimum atomic E-state index is -0.489. The predicted octanol–water partition coefficient (Wildman–Crippen LogP) is 0.498. The second-order valence-electron chi connectivity index (χ2n) is 2.55. The predicted molar refractivity (Wildman–Crippen MR) is 56.7 cm³/mol. The lowest BCUT2D eigenvalue weighted by atomic mass is 10.1. The molecule has 0 aliphatic rings. The maximum atomic E-state index is 11.1. The zero-order valence-corrected chi connectivity index (χ0v) is 8.84. The molecule has 0 spiro atoms. The van der Waals surface area contributed by atoms with Crippen molar-refractivity contribution in [1.29, 1.82) is 0 Å². The lowest BCUT2D eigenvalue weighted by Crippen LogP contribution is -2.30. The molecule has 15 heavy (non-hydrogen) atoms. The van der Waals surface area contributed by atoms with E-state index in [0.717, 1.165) is 0 Å². The third-order valence-electron chi connectivity index (χ3n) is 1.68. The molecule has 1 aromatic carbocycles. The van der Waals surface area contributed by atoms with Crippen molar-refractivity contribution < 1.29 is 14.3 Å². The Morgan fingerprint density at radius 2 is 1.93 bits per heavy atom. The van der Waals surface area contributed by atoms with Crippen LogP contribution in [0.25, 0.3) is 0 Å². The van der Waals surface area contributed by atoms with Gasteiger partial charge < -0.3 is 4.74 Å². The number of hydrazine groups is 1. The van der Waals surface area contributed by atoms with Crippen LogP contribution in [0, 0.1) is 0 Å². The van der Waals surface area contributed by atoms with Crippen molar-refractivity contribution in [3.63, 3.8) is 0 Å². The third kappa shape index (κ3) is 3.23. The zero-order chi connectivity index (χ0) is 10.6. The Bertz CT molecular complexity index is 337. The summed E-state index contributed by atoms with van der Waals surface area (Å²) in [6, 6.07) is 6.10. The number of methoxy groups -OCH3 is 1. The topological polar surface area (TPSA) is 81.4 Å². The Hall–Kier alpha value is -1.59. The molecule has 0 saturated carbocycles. The average molecular weight is 231 g/mol. The van der Waals surface area contributed by atoms with Crippen LogP contribution in [0.3, 0.4) is 0 Å². The van der Waals surface area contributed by atoms with E-state index >= 15 is 0 Å². The number of nitrogen functional groups attached to an aromatic ring is 1. The smallest absolute Gasteiger partial charge is 0.337 e. The largest absolute Gasteiger partial charge is 0.465 e. The highest BCUT2D eigenvalue weighted by molar-refractivity contribution is 5.97. The van der Waals surface area contributed by atoms with Gasteiger partial charge in [0, 0.05) is 5.56 Å². The van der Waals surface area contributed by atoms with E-state index in [2.05, 4.69) is 4.74 Å². The monoisotopic (exact) mass is 230 g/mol. The molecule has 82 valence electrons. The van der Waals surface area contributed by atoms with Crippen LogP contribution >= 0.6 is 12.4 Å². The maximum absolute atomic E-state index is 11.1. The van der Waals surface area contributed by atoms with Crippen molar-refractivity contribution in [2.24, 2.45) is 5.84 Å². The van der Waals surface area contributed by atoms with Gasteiger partial charge in [-0.1, -0.05) is 6.07 Å². The van der Waals surface area contributed by atoms with Crippen molar-refractivity contribution in [3.05, 3.63) is 35.4 Å². The summed E-state index contributed by atoms with van der Waals surface area (Å²) in [5.41, 5.74) is 2.60. The number of nitrogens with two attached hydrogens (primary N) is 1. The van der Waals surface area contributed by atoms with Gasteiger partial charge in [0.15, 0.2) is 0 Å². The summed E-state index contributed by atoms with van der Waals surface area (Å²) in [5.74, 6) is 4.01. The number of halogens is 1. The SMILES string of the molecule is COC(=O)c1cccc(C(=O)NN)c1.Cl. The van der Waals surface area contributed by atoms with Gasteiger partial charge in [-0.15, -0.1) is 12.4 Å². The lowest BCUT2D eigenvalue weighted by Gasteiger charge is -2.02. The number of esters is 1. The van der Waals surface area contributed by atoms with Crippen molar-refractivity contribution in [1.82, 2.24) is 5.43 Å². The highest BCUT2D eigenvalue weighted by Gasteiger charge is 2.08. The number of hydrogen-bond donors (Lipinski definition) is 2. The van der Waals surface area contributed by atoms with Crippen LogP contribution in [0.4, 0.5) is 0 Å². The molecule has 3 N–H and O–H groups in total. The van der Waals surface area contributed by atoms with Crippen LogP contribution in [0.1, 0.15) is 20.7 Å². The van der Waals surface area contributed by atoms with Gasteiger partial charge in [-0.05, 0) is 18.2 Å². The van der Waals surface area contributed by atoms with Gasteiger partial charge in [-0.3, -0.25) is 10.2 Å². The van der Waals surface area contributed by atoms with E-state index in [-0.39, 0.29) is 12.4 Å². The molecule has 5 nitrogen and oxygen atoms in total. The maximum Gasteiger partial charge on any atom is 0.337 e. The minimum absolute atomic E-state index is 0. The summed E-state index contributed by atoms with van der Waals surface area (Å²) in [6.45, 7) is 0. The van der Waals surface area contributed by atoms with E-state index in [9.17, 15) is 9.59 Å². The first kappa shape index (κ1) is 13.4. The first-order valence-electron chi connectivity index (χ1n) is 3.88. The summed E-state index contributed by atoms with van der Waals surface area (Å²) < 4.78 is 4.50. The molecule has 0 bridgehead atoms. The van der Waals surface area contributed by atoms with E-state index in [0.29, 0.717) is 11.1 Å². The molecule has 1 rings (SSSR count). The summed E-state index contributed by atoms with van der Waals surface area (Å²) in [6.07, 6.45) is 0. The van der Waals surface area contributed by atoms with Gasteiger partial charge >= 0.3 is 5.97 Å². The molecule has 0 aliphatic heterocycles. The Morgan fingerprint density at radius 3 is 2.47 bits per heavy atom. The third-order valence-corrected chi connectivity index (χ3v) is 1.68. The summed E-state index contributed by atoms with van der Waals surface area (Å²) in [4.78, 5) is 22.2. The second-order valence-corrected chi connectivity index (χ2v) is 2.55. The van der Waals surface area contributed by atoms with Crippen LogP contribution in [-0.4, -0.2) is 19.0 Å². The second kappa shape index (κ2) is 6.00. The lowest BCUT2D eigenvalue weighted by molar-refractivity contribution is 0.0600. The Kier molecular flexibility index (Phi) is 5.36. The molecule has 1 aromatic rings. The van der Waals surface area contributed by atoms with Gasteiger partial charge in [0.25, 0.3) is 5.91 Å². The van der Waals surface area contributed by atoms with Crippen LogP contribution < -0.4 is 11.3 Å². The molecular weight excluding hydrogens is 220 g/mol. The highest BCUT2D eigenvalue weighted by Crippen LogP contribution is 2.06. The fourth-order valence-electron chi connectivity index (χ4n) is 0.989. The van der Waals surface area contributed by atoms with Gasteiger partial charge in [0.05, 0.1) is 12.7 Å². The number of benzene rings is 1. The van der Waals surface area contributed by atoms with E-state index in [4.69, 9.17) is 5.84 Å². The Labute approximate surface area is 93.0 Å². The molecule has 0 atom stereocenters. The van der Waals surface area contributed by atoms with Crippen molar-refractivity contribution in [2.75, 3.05) is 7.11 Å². The molecular formula is C9H11ClN2O3. The number of amides is 1. The Morgan fingerprint density at radius 1 is 1.33 bits per heavy atom. The van der Waals surface area contributed by atoms with Crippen molar-refractivity contribution in [2.45, 2.75) is 0 Å². The molecule has 1 amide bonds. The zero-order valence-electron chi connectivity index (χ0n) is 8.02. The number of carbonyl (C=O) groups is 2. The summed E-state index contributed by atoms with van der Waals surface area (Å²) in [5, 5.41) is 0. The number of hydrogen-bond acceptors (Lipinski definition) is 4. The first-order chi connectivity index (χ1) is 6.69. The number of nitrogens with one attached hydrogen (secondary N) is 1. The van der Waals surface area contributed by atoms with E-state index in [1.165, 1.54) is 13.2 Å². The number of rotatable bonds is 2. The van der Waals surface area contributed by atoms with E-state index in [1.54, 1.807) is 18.2 Å². The fraction of sp³-hybridized carbons (Fsp3) is 0.111. The van der Waals surface area contributed by atoms with Crippen LogP contribution in [0.15, 0.2) is 24.3 Å². The first-order valence-corrected chi connectivity index (χ1v) is 3.88. The van der Waals surface area contributed by atoms with Gasteiger partial charge in [-0.25, -0.2) is 10.6 Å². The average Bonchev–Trinajstić information content (AvgIpc) is 2.27. The quantitative estimate of drug-likeness (QED) is 0.336. The standard InChI is InChI=1S/C9H10N2O3.ClH/c1-14-9(13)7-4-2-3-6(5-7)8(12)11-10;/h2-5H,10H2,1H3,(H,11,12);1H. The molecule has 0 fully saturated rings. The molecule has 0 heterocycles. The van der Waals surface area contributed by atoms with Gasteiger partial charge in [-0.2, -0.15) is 0 Å². The van der Waals surface area contributed by atoms with Crippen molar-refractivity contribution >= 4 is 24.3 Å². The van der Waals surface area contributed by atoms with E-state index < -0.39 is 11.9 Å². The number of ether oxygens (including phenoxy) is 1. The van der Waals surface area contributed by atoms with Gasteiger partial charge in [0.2, 0.25) is 0 Å². The molecule has 0 aromatic heterocycles. The summed E-state index contributed by atoms with van der Waals surface area (Å²) >= 11 is 0. The van der Waals surface area contributed by atoms with Crippen LogP contribution in [-0.2, 0) is 4.74 Å². The summed E-state index contributed by atoms with van der Waals surface area (Å²) in [7, 11) is 1.28. The molecule has 6 heteroatoms. The molecule has 0 aliphatic carbocycles. The minimum Gasteiger partial charge on any atom is -0.465 e. The van der Waals surface area contributed by atoms with Crippen molar-refractivity contribution in [3.8, 4) is 0 Å². The molecule has 0 radical (unpaired) electrons. The normalized spacial score (nSPS) is 8.67. The Balaban J connectivity index is 0.00000196.